The fraction of sp³-hybridized carbons (Fsp3) is 0.333. The molecular formula is C42H51ClN2. The zero-order valence-corrected chi connectivity index (χ0v) is 27.9. The van der Waals surface area contributed by atoms with E-state index in [1.165, 1.54) is 24.3 Å². The number of rotatable bonds is 8. The molecule has 2 nitrogen and oxygen atoms in total. The molecule has 0 radical (unpaired) electrons. The van der Waals surface area contributed by atoms with Crippen LogP contribution in [0, 0.1) is 34.5 Å². The van der Waals surface area contributed by atoms with E-state index in [0.717, 1.165) is 42.5 Å². The number of hydrogen-bond donors (Lipinski definition) is 0. The quantitative estimate of drug-likeness (QED) is 0.179. The number of nitrogens with zero attached hydrogens (tertiary/aromatic N) is 2. The Bertz CT molecular complexity index is 1900. The van der Waals surface area contributed by atoms with E-state index in [2.05, 4.69) is 23.7 Å². The average molecular weight is 629 g/mol. The highest BCUT2D eigenvalue weighted by Gasteiger charge is 2.05. The van der Waals surface area contributed by atoms with E-state index in [0.29, 0.717) is 0 Å². The first-order valence-electron chi connectivity index (χ1n) is 19.7. The zero-order valence-electron chi connectivity index (χ0n) is 37.1. The topological polar surface area (TPSA) is 6.48 Å². The molecule has 0 aliphatic heterocycles. The smallest absolute Gasteiger partial charge is 0.0475 e. The van der Waals surface area contributed by atoms with E-state index < -0.39 is 26.9 Å². The molecule has 0 fully saturated rings. The summed E-state index contributed by atoms with van der Waals surface area (Å²) in [5.41, 5.74) is 1.12. The van der Waals surface area contributed by atoms with E-state index in [-0.39, 0.29) is 36.3 Å². The molecular weight excluding hydrogens is 568 g/mol. The molecule has 0 spiro atoms. The Morgan fingerprint density at radius 2 is 0.978 bits per heavy atom. The molecule has 0 heterocycles. The second-order valence-corrected chi connectivity index (χ2v) is 12.4. The Balaban J connectivity index is 0.000000373. The van der Waals surface area contributed by atoms with E-state index in [1.54, 1.807) is 0 Å². The van der Waals surface area contributed by atoms with Crippen LogP contribution in [0.2, 0.25) is 0 Å². The second kappa shape index (κ2) is 18.2. The fourth-order valence-corrected chi connectivity index (χ4v) is 4.15. The van der Waals surface area contributed by atoms with E-state index in [1.807, 2.05) is 126 Å². The maximum Gasteiger partial charge on any atom is 0.0475 e. The number of benzene rings is 4. The zero-order chi connectivity index (χ0) is 40.6. The van der Waals surface area contributed by atoms with Gasteiger partial charge in [0.15, 0.2) is 0 Å². The maximum absolute atomic E-state index is 8.31. The molecule has 0 aromatic heterocycles. The molecule has 3 heteroatoms. The van der Waals surface area contributed by atoms with Gasteiger partial charge in [-0.3, -0.25) is 9.80 Å². The van der Waals surface area contributed by atoms with Crippen LogP contribution >= 0.6 is 12.4 Å². The van der Waals surface area contributed by atoms with Gasteiger partial charge in [-0.1, -0.05) is 121 Å². The Kier molecular flexibility index (Phi) is 9.91. The van der Waals surface area contributed by atoms with Gasteiger partial charge in [0.1, 0.15) is 0 Å². The number of allylic oxidation sites excluding steroid dienone is 2. The monoisotopic (exact) mass is 628 g/mol. The highest BCUT2D eigenvalue weighted by Crippen LogP contribution is 2.20. The van der Waals surface area contributed by atoms with Crippen LogP contribution in [-0.4, -0.2) is 36.7 Å². The SMILES string of the molecule is Cl.[2H]C([2H])([2H])N(Cc1cccc2ccccc12)C([2H])([2H])/C=C/C#CC(C)(C)C.[2H]C([2H])([2H])N(Cc1cccc2ccccc12)C([2H])([2H])/C=C/C#CC(C)(C)C. The summed E-state index contributed by atoms with van der Waals surface area (Å²) in [6.45, 7) is 2.12. The van der Waals surface area contributed by atoms with Gasteiger partial charge in [0.2, 0.25) is 0 Å². The highest BCUT2D eigenvalue weighted by atomic mass is 35.5. The van der Waals surface area contributed by atoms with E-state index >= 15 is 0 Å². The molecule has 4 rings (SSSR count). The van der Waals surface area contributed by atoms with Crippen molar-refractivity contribution in [3.8, 4) is 23.7 Å². The van der Waals surface area contributed by atoms with Gasteiger partial charge in [-0.05, 0) is 100 Å². The van der Waals surface area contributed by atoms with Gasteiger partial charge in [-0.15, -0.1) is 12.4 Å². The number of hydrogen-bond acceptors (Lipinski definition) is 2. The minimum atomic E-state index is -2.59. The van der Waals surface area contributed by atoms with Crippen molar-refractivity contribution in [1.29, 1.82) is 0 Å². The summed E-state index contributed by atoms with van der Waals surface area (Å²) in [7, 11) is 0. The number of halogens is 1. The summed E-state index contributed by atoms with van der Waals surface area (Å²) >= 11 is 0. The molecule has 0 aliphatic rings. The standard InChI is InChI=1S/2C21H25N.ClH/c2*1-21(2,3)15-8-5-9-16-22(4)17-19-13-10-12-18-11-6-7-14-20(18)19;/h2*5-7,9-14H,16-17H2,1-4H3;1H/b2*9-5+;/i2*4D3,16D2;. The molecule has 0 saturated carbocycles. The maximum atomic E-state index is 8.31. The van der Waals surface area contributed by atoms with Crippen molar-refractivity contribution in [2.24, 2.45) is 10.8 Å². The summed E-state index contributed by atoms with van der Waals surface area (Å²) in [5, 5.41) is 3.82. The third-order valence-corrected chi connectivity index (χ3v) is 6.11. The van der Waals surface area contributed by atoms with Crippen LogP contribution < -0.4 is 0 Å². The van der Waals surface area contributed by atoms with Crippen LogP contribution in [0.4, 0.5) is 0 Å². The van der Waals surface area contributed by atoms with Crippen LogP contribution in [0.15, 0.2) is 109 Å². The summed E-state index contributed by atoms with van der Waals surface area (Å²) in [6.07, 6.45) is 5.21. The molecule has 45 heavy (non-hydrogen) atoms. The third-order valence-electron chi connectivity index (χ3n) is 6.11. The lowest BCUT2D eigenvalue weighted by molar-refractivity contribution is 0.365. The minimum Gasteiger partial charge on any atom is -0.298 e. The summed E-state index contributed by atoms with van der Waals surface area (Å²) in [6, 6.07) is 26.7. The summed E-state index contributed by atoms with van der Waals surface area (Å²) < 4.78 is 80.2. The van der Waals surface area contributed by atoms with Crippen LogP contribution in [-0.2, 0) is 13.1 Å². The molecule has 0 saturated heterocycles. The Morgan fingerprint density at radius 1 is 0.600 bits per heavy atom. The Hall–Kier alpha value is -3.79. The van der Waals surface area contributed by atoms with Gasteiger partial charge < -0.3 is 0 Å². The molecule has 4 aromatic rings. The van der Waals surface area contributed by atoms with Crippen molar-refractivity contribution in [3.63, 3.8) is 0 Å². The summed E-state index contributed by atoms with van der Waals surface area (Å²) in [4.78, 5) is 1.77. The lowest BCUT2D eigenvalue weighted by Crippen LogP contribution is -2.17. The van der Waals surface area contributed by atoms with E-state index in [4.69, 9.17) is 13.7 Å². The lowest BCUT2D eigenvalue weighted by Gasteiger charge is -2.15. The normalized spacial score (nSPS) is 16.1. The fourth-order valence-electron chi connectivity index (χ4n) is 4.15. The molecule has 0 bridgehead atoms. The van der Waals surface area contributed by atoms with E-state index in [9.17, 15) is 0 Å². The van der Waals surface area contributed by atoms with Crippen molar-refractivity contribution in [2.45, 2.75) is 54.6 Å². The predicted molar refractivity (Wildman–Crippen MR) is 201 cm³/mol. The number of likely N-dealkylation sites (N-methyl/N-ethyl adjacent to an activating group) is 2. The van der Waals surface area contributed by atoms with Crippen LogP contribution in [0.5, 0.6) is 0 Å². The van der Waals surface area contributed by atoms with Crippen molar-refractivity contribution < 1.29 is 13.7 Å². The van der Waals surface area contributed by atoms with Gasteiger partial charge in [0.25, 0.3) is 0 Å². The Morgan fingerprint density at radius 3 is 1.36 bits per heavy atom. The highest BCUT2D eigenvalue weighted by molar-refractivity contribution is 5.86. The van der Waals surface area contributed by atoms with Crippen molar-refractivity contribution in [2.75, 3.05) is 26.9 Å². The van der Waals surface area contributed by atoms with Crippen LogP contribution in [0.3, 0.4) is 0 Å². The lowest BCUT2D eigenvalue weighted by atomic mass is 9.98. The molecule has 0 aliphatic carbocycles. The molecule has 0 N–H and O–H groups in total. The predicted octanol–water partition coefficient (Wildman–Crippen LogP) is 10.2. The largest absolute Gasteiger partial charge is 0.298 e. The third kappa shape index (κ3) is 14.2. The van der Waals surface area contributed by atoms with Crippen molar-refractivity contribution in [1.82, 2.24) is 9.80 Å². The first kappa shape index (κ1) is 24.4. The Labute approximate surface area is 293 Å². The second-order valence-electron chi connectivity index (χ2n) is 12.4. The average Bonchev–Trinajstić information content (AvgIpc) is 3.05. The van der Waals surface area contributed by atoms with Crippen molar-refractivity contribution >= 4 is 34.0 Å². The van der Waals surface area contributed by atoms with Gasteiger partial charge in [-0.25, -0.2) is 0 Å². The molecule has 0 amide bonds. The van der Waals surface area contributed by atoms with Crippen LogP contribution in [0.25, 0.3) is 21.5 Å². The molecule has 0 atom stereocenters. The molecule has 236 valence electrons. The molecule has 4 aromatic carbocycles. The first-order valence-corrected chi connectivity index (χ1v) is 14.7. The van der Waals surface area contributed by atoms with Crippen LogP contribution in [0.1, 0.15) is 66.4 Å². The van der Waals surface area contributed by atoms with Crippen molar-refractivity contribution in [3.05, 3.63) is 120 Å². The van der Waals surface area contributed by atoms with Gasteiger partial charge in [0.05, 0.1) is 0 Å². The number of fused-ring (bicyclic) bond motifs is 2. The van der Waals surface area contributed by atoms with Gasteiger partial charge in [-0.2, -0.15) is 0 Å². The van der Waals surface area contributed by atoms with Gasteiger partial charge in [0, 0.05) is 50.6 Å². The van der Waals surface area contributed by atoms with Gasteiger partial charge >= 0.3 is 0 Å². The molecule has 0 unspecified atom stereocenters. The first-order chi connectivity index (χ1) is 24.8. The minimum absolute atomic E-state index is 0. The summed E-state index contributed by atoms with van der Waals surface area (Å²) in [5.74, 6) is 11.6.